The molecule has 0 saturated carbocycles. The summed E-state index contributed by atoms with van der Waals surface area (Å²) in [4.78, 5) is 21.0. The Morgan fingerprint density at radius 3 is 2.05 bits per heavy atom. The Kier molecular flexibility index (Phi) is 8.39. The van der Waals surface area contributed by atoms with Crippen LogP contribution in [0, 0.1) is 13.8 Å². The van der Waals surface area contributed by atoms with Crippen LogP contribution in [0.3, 0.4) is 0 Å². The van der Waals surface area contributed by atoms with Gasteiger partial charge in [-0.05, 0) is 82.3 Å². The van der Waals surface area contributed by atoms with E-state index in [0.29, 0.717) is 35.1 Å². The molecule has 1 amide bonds. The van der Waals surface area contributed by atoms with E-state index in [2.05, 4.69) is 20.0 Å². The molecule has 37 heavy (non-hydrogen) atoms. The van der Waals surface area contributed by atoms with Gasteiger partial charge >= 0.3 is 0 Å². The Balaban J connectivity index is 1.75. The van der Waals surface area contributed by atoms with E-state index >= 15 is 0 Å². The van der Waals surface area contributed by atoms with E-state index in [1.807, 2.05) is 6.92 Å². The monoisotopic (exact) mass is 547 g/mol. The first kappa shape index (κ1) is 27.9. The van der Waals surface area contributed by atoms with Crippen LogP contribution < -0.4 is 19.1 Å². The highest BCUT2D eigenvalue weighted by Gasteiger charge is 2.29. The van der Waals surface area contributed by atoms with E-state index in [1.165, 1.54) is 31.2 Å². The molecule has 3 rings (SSSR count). The minimum Gasteiger partial charge on any atom is -0.494 e. The molecule has 0 saturated heterocycles. The highest BCUT2D eigenvalue weighted by atomic mass is 32.2. The van der Waals surface area contributed by atoms with Crippen LogP contribution in [0.15, 0.2) is 59.5 Å². The largest absolute Gasteiger partial charge is 0.494 e. The first-order chi connectivity index (χ1) is 17.3. The van der Waals surface area contributed by atoms with Gasteiger partial charge in [-0.25, -0.2) is 31.5 Å². The van der Waals surface area contributed by atoms with Gasteiger partial charge in [-0.3, -0.25) is 9.10 Å². The molecule has 2 N–H and O–H groups in total. The van der Waals surface area contributed by atoms with Crippen molar-refractivity contribution in [1.29, 1.82) is 0 Å². The minimum absolute atomic E-state index is 0.0427. The molecule has 1 heterocycles. The van der Waals surface area contributed by atoms with E-state index in [0.717, 1.165) is 10.6 Å². The third kappa shape index (κ3) is 7.17. The molecular weight excluding hydrogens is 518 g/mol. The Morgan fingerprint density at radius 2 is 1.54 bits per heavy atom. The molecule has 0 aliphatic rings. The predicted octanol–water partition coefficient (Wildman–Crippen LogP) is 3.09. The molecule has 0 fully saturated rings. The van der Waals surface area contributed by atoms with Crippen LogP contribution in [0.4, 0.5) is 17.3 Å². The average Bonchev–Trinajstić information content (AvgIpc) is 2.79. The van der Waals surface area contributed by atoms with Gasteiger partial charge in [-0.2, -0.15) is 0 Å². The molecular formula is C24H29N5O6S2. The lowest BCUT2D eigenvalue weighted by atomic mass is 10.2. The molecule has 1 atom stereocenters. The smallest absolute Gasteiger partial charge is 0.264 e. The van der Waals surface area contributed by atoms with Gasteiger partial charge < -0.3 is 10.1 Å². The summed E-state index contributed by atoms with van der Waals surface area (Å²) in [5.74, 6) is -0.0685. The van der Waals surface area contributed by atoms with Crippen LogP contribution in [0.1, 0.15) is 25.2 Å². The van der Waals surface area contributed by atoms with Crippen molar-refractivity contribution in [3.63, 3.8) is 0 Å². The number of nitrogens with zero attached hydrogens (tertiary/aromatic N) is 3. The van der Waals surface area contributed by atoms with Crippen LogP contribution in [0.2, 0.25) is 0 Å². The summed E-state index contributed by atoms with van der Waals surface area (Å²) in [5.41, 5.74) is 1.82. The number of hydrogen-bond acceptors (Lipinski definition) is 8. The summed E-state index contributed by atoms with van der Waals surface area (Å²) in [5, 5.41) is 2.63. The highest BCUT2D eigenvalue weighted by molar-refractivity contribution is 7.92. The molecule has 0 unspecified atom stereocenters. The van der Waals surface area contributed by atoms with Crippen LogP contribution in [-0.4, -0.2) is 51.6 Å². The highest BCUT2D eigenvalue weighted by Crippen LogP contribution is 2.25. The van der Waals surface area contributed by atoms with Crippen molar-refractivity contribution in [3.8, 4) is 5.75 Å². The summed E-state index contributed by atoms with van der Waals surface area (Å²) in [6.45, 7) is 7.21. The Labute approximate surface area is 217 Å². The number of aryl methyl sites for hydroxylation is 2. The lowest BCUT2D eigenvalue weighted by Gasteiger charge is -2.28. The zero-order valence-corrected chi connectivity index (χ0v) is 22.7. The van der Waals surface area contributed by atoms with Crippen molar-refractivity contribution in [2.45, 2.75) is 38.6 Å². The fraction of sp³-hybridized carbons (Fsp3) is 0.292. The average molecular weight is 548 g/mol. The molecule has 2 aromatic carbocycles. The quantitative estimate of drug-likeness (QED) is 0.393. The standard InChI is InChI=1S/C24H29N5O6S2/c1-6-35-21-11-9-20(10-12-21)29(36(5,31)32)18(4)23(30)27-19-7-13-22(14-8-19)37(33,34)28-24-25-16(2)15-17(3)26-24/h7-15,18H,6H2,1-5H3,(H,27,30)(H,25,26,28)/t18-/m1/s1. The maximum Gasteiger partial charge on any atom is 0.264 e. The number of sulfonamides is 2. The lowest BCUT2D eigenvalue weighted by molar-refractivity contribution is -0.116. The first-order valence-corrected chi connectivity index (χ1v) is 14.6. The fourth-order valence-corrected chi connectivity index (χ4v) is 5.70. The lowest BCUT2D eigenvalue weighted by Crippen LogP contribution is -2.45. The SMILES string of the molecule is CCOc1ccc(N([C@H](C)C(=O)Nc2ccc(S(=O)(=O)Nc3nc(C)cc(C)n3)cc2)S(C)(=O)=O)cc1. The van der Waals surface area contributed by atoms with E-state index in [1.54, 1.807) is 44.2 Å². The third-order valence-electron chi connectivity index (χ3n) is 5.13. The van der Waals surface area contributed by atoms with E-state index in [-0.39, 0.29) is 10.8 Å². The summed E-state index contributed by atoms with van der Waals surface area (Å²) >= 11 is 0. The number of rotatable bonds is 10. The molecule has 0 spiro atoms. The van der Waals surface area contributed by atoms with Crippen LogP contribution in [0.5, 0.6) is 5.75 Å². The third-order valence-corrected chi connectivity index (χ3v) is 7.72. The second-order valence-corrected chi connectivity index (χ2v) is 11.8. The van der Waals surface area contributed by atoms with Crippen molar-refractivity contribution in [1.82, 2.24) is 9.97 Å². The van der Waals surface area contributed by atoms with Gasteiger partial charge in [0, 0.05) is 17.1 Å². The molecule has 11 nitrogen and oxygen atoms in total. The molecule has 13 heteroatoms. The topological polar surface area (TPSA) is 148 Å². The molecule has 0 bridgehead atoms. The molecule has 0 aliphatic carbocycles. The van der Waals surface area contributed by atoms with E-state index in [4.69, 9.17) is 4.74 Å². The number of ether oxygens (including phenoxy) is 1. The van der Waals surface area contributed by atoms with Crippen LogP contribution in [0.25, 0.3) is 0 Å². The Bertz CT molecular complexity index is 1450. The van der Waals surface area contributed by atoms with Crippen molar-refractivity contribution in [2.75, 3.05) is 27.2 Å². The zero-order valence-electron chi connectivity index (χ0n) is 21.1. The fourth-order valence-electron chi connectivity index (χ4n) is 3.58. The summed E-state index contributed by atoms with van der Waals surface area (Å²) in [7, 11) is -7.78. The molecule has 0 aliphatic heterocycles. The van der Waals surface area contributed by atoms with Crippen LogP contribution in [-0.2, 0) is 24.8 Å². The van der Waals surface area contributed by atoms with Crippen molar-refractivity contribution in [2.24, 2.45) is 0 Å². The molecule has 1 aromatic heterocycles. The minimum atomic E-state index is -3.97. The Hall–Kier alpha value is -3.71. The number of amides is 1. The molecule has 198 valence electrons. The maximum absolute atomic E-state index is 12.9. The van der Waals surface area contributed by atoms with Crippen molar-refractivity contribution >= 4 is 43.3 Å². The van der Waals surface area contributed by atoms with Gasteiger partial charge in [0.1, 0.15) is 11.8 Å². The number of nitrogens with one attached hydrogen (secondary N) is 2. The second-order valence-electron chi connectivity index (χ2n) is 8.26. The molecule has 0 radical (unpaired) electrons. The normalized spacial score (nSPS) is 12.5. The van der Waals surface area contributed by atoms with Gasteiger partial charge in [-0.15, -0.1) is 0 Å². The summed E-state index contributed by atoms with van der Waals surface area (Å²) < 4.78 is 59.2. The van der Waals surface area contributed by atoms with Crippen molar-refractivity contribution < 1.29 is 26.4 Å². The number of carbonyl (C=O) groups excluding carboxylic acids is 1. The van der Waals surface area contributed by atoms with Crippen molar-refractivity contribution in [3.05, 3.63) is 66.0 Å². The first-order valence-electron chi connectivity index (χ1n) is 11.3. The molecule has 3 aromatic rings. The Morgan fingerprint density at radius 1 is 0.973 bits per heavy atom. The van der Waals surface area contributed by atoms with E-state index in [9.17, 15) is 21.6 Å². The zero-order chi connectivity index (χ0) is 27.4. The maximum atomic E-state index is 12.9. The van der Waals surface area contributed by atoms with Gasteiger partial charge in [0.25, 0.3) is 10.0 Å². The summed E-state index contributed by atoms with van der Waals surface area (Å²) in [6, 6.07) is 12.4. The van der Waals surface area contributed by atoms with Gasteiger partial charge in [0.05, 0.1) is 23.4 Å². The number of benzene rings is 2. The predicted molar refractivity (Wildman–Crippen MR) is 142 cm³/mol. The number of hydrogen-bond donors (Lipinski definition) is 2. The van der Waals surface area contributed by atoms with Crippen LogP contribution >= 0.6 is 0 Å². The van der Waals surface area contributed by atoms with Gasteiger partial charge in [0.2, 0.25) is 21.9 Å². The van der Waals surface area contributed by atoms with Gasteiger partial charge in [0.15, 0.2) is 0 Å². The summed E-state index contributed by atoms with van der Waals surface area (Å²) in [6.07, 6.45) is 1.01. The number of aromatic nitrogens is 2. The second kappa shape index (κ2) is 11.1. The number of carbonyl (C=O) groups is 1. The number of anilines is 3. The van der Waals surface area contributed by atoms with Gasteiger partial charge in [-0.1, -0.05) is 0 Å². The van der Waals surface area contributed by atoms with E-state index < -0.39 is 32.0 Å².